The molecular weight excluding hydrogens is 401 g/mol. The summed E-state index contributed by atoms with van der Waals surface area (Å²) in [6, 6.07) is 4.31. The first-order valence-electron chi connectivity index (χ1n) is 8.48. The summed E-state index contributed by atoms with van der Waals surface area (Å²) in [6.45, 7) is 3.00. The Hall–Kier alpha value is -1.89. The molecule has 0 spiro atoms. The molecule has 1 atom stereocenters. The number of carbonyl (C=O) groups is 1. The average molecular weight is 424 g/mol. The minimum Gasteiger partial charge on any atom is -0.406 e. The highest BCUT2D eigenvalue weighted by atomic mass is 32.2. The van der Waals surface area contributed by atoms with Crippen molar-refractivity contribution >= 4 is 21.8 Å². The Morgan fingerprint density at radius 1 is 1.14 bits per heavy atom. The third-order valence-electron chi connectivity index (χ3n) is 4.34. The van der Waals surface area contributed by atoms with Crippen molar-refractivity contribution in [1.82, 2.24) is 13.5 Å². The van der Waals surface area contributed by atoms with E-state index in [9.17, 15) is 26.4 Å². The van der Waals surface area contributed by atoms with Crippen LogP contribution in [0.3, 0.4) is 0 Å². The van der Waals surface area contributed by atoms with E-state index in [0.29, 0.717) is 18.8 Å². The van der Waals surface area contributed by atoms with Gasteiger partial charge in [-0.15, -0.1) is 13.2 Å². The summed E-state index contributed by atoms with van der Waals surface area (Å²) in [5.41, 5.74) is 0.334. The maximum atomic E-state index is 12.4. The van der Waals surface area contributed by atoms with Crippen LogP contribution in [0.25, 0.3) is 0 Å². The molecule has 1 aromatic carbocycles. The number of hydrogen-bond acceptors (Lipinski definition) is 5. The maximum Gasteiger partial charge on any atom is 0.573 e. The summed E-state index contributed by atoms with van der Waals surface area (Å²) in [6.07, 6.45) is -4.78. The van der Waals surface area contributed by atoms with E-state index in [2.05, 4.69) is 10.1 Å². The molecule has 0 bridgehead atoms. The predicted molar refractivity (Wildman–Crippen MR) is 97.0 cm³/mol. The number of carbonyl (C=O) groups excluding carboxylic acids is 1. The van der Waals surface area contributed by atoms with Gasteiger partial charge >= 0.3 is 6.36 Å². The second kappa shape index (κ2) is 8.64. The van der Waals surface area contributed by atoms with Crippen LogP contribution in [-0.2, 0) is 15.0 Å². The lowest BCUT2D eigenvalue weighted by molar-refractivity contribution is -0.274. The standard InChI is InChI=1S/C16H23F3N4O4S/c1-12(22-8-10-23(11-9-22)28(25,26)21(2)3)15(24)20-13-4-6-14(7-5-13)27-16(17,18)19/h4-7,12H,8-11H2,1-3H3,(H,20,24)/t12-/m1/s1. The minimum atomic E-state index is -4.78. The zero-order valence-corrected chi connectivity index (χ0v) is 16.5. The molecule has 1 saturated heterocycles. The lowest BCUT2D eigenvalue weighted by Gasteiger charge is -2.37. The second-order valence-electron chi connectivity index (χ2n) is 6.46. The summed E-state index contributed by atoms with van der Waals surface area (Å²) in [4.78, 5) is 14.3. The number of amides is 1. The Balaban J connectivity index is 1.90. The van der Waals surface area contributed by atoms with Crippen molar-refractivity contribution in [3.63, 3.8) is 0 Å². The third-order valence-corrected chi connectivity index (χ3v) is 6.28. The van der Waals surface area contributed by atoms with Crippen LogP contribution in [0.1, 0.15) is 6.92 Å². The van der Waals surface area contributed by atoms with Crippen molar-refractivity contribution in [2.24, 2.45) is 0 Å². The molecule has 28 heavy (non-hydrogen) atoms. The molecule has 1 fully saturated rings. The van der Waals surface area contributed by atoms with Crippen LogP contribution in [0.4, 0.5) is 18.9 Å². The number of ether oxygens (including phenoxy) is 1. The Labute approximate surface area is 162 Å². The van der Waals surface area contributed by atoms with Crippen LogP contribution in [0, 0.1) is 0 Å². The highest BCUT2D eigenvalue weighted by Crippen LogP contribution is 2.24. The molecule has 1 N–H and O–H groups in total. The molecule has 1 aromatic rings. The molecule has 158 valence electrons. The van der Waals surface area contributed by atoms with E-state index in [1.54, 1.807) is 6.92 Å². The number of hydrogen-bond donors (Lipinski definition) is 1. The van der Waals surface area contributed by atoms with Gasteiger partial charge in [0, 0.05) is 46.0 Å². The number of nitrogens with zero attached hydrogens (tertiary/aromatic N) is 3. The molecule has 1 amide bonds. The minimum absolute atomic E-state index is 0.265. The van der Waals surface area contributed by atoms with Crippen LogP contribution >= 0.6 is 0 Å². The van der Waals surface area contributed by atoms with Gasteiger partial charge in [0.1, 0.15) is 5.75 Å². The van der Waals surface area contributed by atoms with E-state index >= 15 is 0 Å². The lowest BCUT2D eigenvalue weighted by atomic mass is 10.2. The summed E-state index contributed by atoms with van der Waals surface area (Å²) in [5, 5.41) is 2.63. The van der Waals surface area contributed by atoms with Crippen LogP contribution < -0.4 is 10.1 Å². The molecule has 2 rings (SSSR count). The van der Waals surface area contributed by atoms with E-state index < -0.39 is 22.6 Å². The van der Waals surface area contributed by atoms with Crippen molar-refractivity contribution in [3.8, 4) is 5.75 Å². The highest BCUT2D eigenvalue weighted by Gasteiger charge is 2.32. The monoisotopic (exact) mass is 424 g/mol. The van der Waals surface area contributed by atoms with Crippen molar-refractivity contribution in [3.05, 3.63) is 24.3 Å². The molecule has 8 nitrogen and oxygen atoms in total. The Bertz CT molecular complexity index is 776. The normalized spacial score (nSPS) is 18.1. The number of anilines is 1. The average Bonchev–Trinajstić information content (AvgIpc) is 2.61. The summed E-state index contributed by atoms with van der Waals surface area (Å²) >= 11 is 0. The summed E-state index contributed by atoms with van der Waals surface area (Å²) < 4.78 is 67.0. The van der Waals surface area contributed by atoms with E-state index in [1.807, 2.05) is 4.90 Å². The van der Waals surface area contributed by atoms with Gasteiger partial charge in [0.2, 0.25) is 5.91 Å². The fourth-order valence-corrected chi connectivity index (χ4v) is 3.79. The van der Waals surface area contributed by atoms with Gasteiger partial charge in [-0.05, 0) is 31.2 Å². The van der Waals surface area contributed by atoms with E-state index in [0.717, 1.165) is 16.4 Å². The molecule has 0 unspecified atom stereocenters. The molecular formula is C16H23F3N4O4S. The Morgan fingerprint density at radius 2 is 1.68 bits per heavy atom. The Morgan fingerprint density at radius 3 is 2.14 bits per heavy atom. The first kappa shape index (κ1) is 22.4. The van der Waals surface area contributed by atoms with Crippen LogP contribution in [0.15, 0.2) is 24.3 Å². The summed E-state index contributed by atoms with van der Waals surface area (Å²) in [5.74, 6) is -0.717. The van der Waals surface area contributed by atoms with Gasteiger partial charge in [0.15, 0.2) is 0 Å². The fraction of sp³-hybridized carbons (Fsp3) is 0.562. The van der Waals surface area contributed by atoms with E-state index in [4.69, 9.17) is 0 Å². The largest absolute Gasteiger partial charge is 0.573 e. The van der Waals surface area contributed by atoms with Crippen LogP contribution in [-0.4, -0.2) is 80.5 Å². The van der Waals surface area contributed by atoms with Gasteiger partial charge in [0.25, 0.3) is 10.2 Å². The van der Waals surface area contributed by atoms with Crippen LogP contribution in [0.2, 0.25) is 0 Å². The molecule has 0 radical (unpaired) electrons. The topological polar surface area (TPSA) is 82.2 Å². The number of alkyl halides is 3. The third kappa shape index (κ3) is 5.80. The van der Waals surface area contributed by atoms with Crippen molar-refractivity contribution < 1.29 is 31.1 Å². The number of rotatable bonds is 6. The van der Waals surface area contributed by atoms with E-state index in [-0.39, 0.29) is 24.7 Å². The fourth-order valence-electron chi connectivity index (χ4n) is 2.70. The molecule has 1 aliphatic rings. The molecule has 0 saturated carbocycles. The van der Waals surface area contributed by atoms with Gasteiger partial charge in [-0.2, -0.15) is 17.0 Å². The maximum absolute atomic E-state index is 12.4. The molecule has 0 aliphatic carbocycles. The van der Waals surface area contributed by atoms with Gasteiger partial charge in [0.05, 0.1) is 6.04 Å². The highest BCUT2D eigenvalue weighted by molar-refractivity contribution is 7.86. The van der Waals surface area contributed by atoms with Crippen molar-refractivity contribution in [2.45, 2.75) is 19.3 Å². The van der Waals surface area contributed by atoms with E-state index in [1.165, 1.54) is 30.5 Å². The smallest absolute Gasteiger partial charge is 0.406 e. The number of halogens is 3. The van der Waals surface area contributed by atoms with Gasteiger partial charge in [-0.3, -0.25) is 9.69 Å². The van der Waals surface area contributed by atoms with Gasteiger partial charge in [-0.1, -0.05) is 0 Å². The lowest BCUT2D eigenvalue weighted by Crippen LogP contribution is -2.55. The molecule has 0 aromatic heterocycles. The number of piperazine rings is 1. The quantitative estimate of drug-likeness (QED) is 0.745. The molecule has 1 heterocycles. The molecule has 1 aliphatic heterocycles. The Kier molecular flexibility index (Phi) is 6.91. The SMILES string of the molecule is C[C@H](C(=O)Nc1ccc(OC(F)(F)F)cc1)N1CCN(S(=O)(=O)N(C)C)CC1. The zero-order chi connectivity index (χ0) is 21.1. The van der Waals surface area contributed by atoms with Crippen molar-refractivity contribution in [2.75, 3.05) is 45.6 Å². The second-order valence-corrected chi connectivity index (χ2v) is 8.60. The summed E-state index contributed by atoms with van der Waals surface area (Å²) in [7, 11) is -0.565. The first-order chi connectivity index (χ1) is 12.9. The first-order valence-corrected chi connectivity index (χ1v) is 9.88. The van der Waals surface area contributed by atoms with Crippen molar-refractivity contribution in [1.29, 1.82) is 0 Å². The number of nitrogens with one attached hydrogen (secondary N) is 1. The molecule has 12 heteroatoms. The van der Waals surface area contributed by atoms with Gasteiger partial charge < -0.3 is 10.1 Å². The number of benzene rings is 1. The van der Waals surface area contributed by atoms with Gasteiger partial charge in [-0.25, -0.2) is 0 Å². The zero-order valence-electron chi connectivity index (χ0n) is 15.7. The predicted octanol–water partition coefficient (Wildman–Crippen LogP) is 1.34. The van der Waals surface area contributed by atoms with Crippen LogP contribution in [0.5, 0.6) is 5.75 Å².